The van der Waals surface area contributed by atoms with E-state index in [0.29, 0.717) is 18.1 Å². The minimum absolute atomic E-state index is 0.0118. The molecule has 0 spiro atoms. The number of halogens is 1. The number of H-pyrrole nitrogens is 1. The van der Waals surface area contributed by atoms with Crippen LogP contribution in [0.3, 0.4) is 0 Å². The fourth-order valence-corrected chi connectivity index (χ4v) is 3.91. The molecule has 1 fully saturated rings. The molecule has 1 aromatic heterocycles. The van der Waals surface area contributed by atoms with Crippen LogP contribution in [0.5, 0.6) is 0 Å². The van der Waals surface area contributed by atoms with Gasteiger partial charge in [0.2, 0.25) is 0 Å². The average Bonchev–Trinajstić information content (AvgIpc) is 3.20. The second-order valence-corrected chi connectivity index (χ2v) is 8.50. The SMILES string of the molecule is Cc1cn([C@H]2C[C@H](N=[N+]=[N-])[C@@H](C(O)C(=O)CCOCCCCCCCCCl)O2)c(=O)[nH]c1=O. The number of carbonyl (C=O) groups excluding carboxylic acids is 1. The summed E-state index contributed by atoms with van der Waals surface area (Å²) in [6.07, 6.45) is 4.26. The third kappa shape index (κ3) is 8.28. The first-order valence-electron chi connectivity index (χ1n) is 11.2. The number of hydrogen-bond acceptors (Lipinski definition) is 7. The van der Waals surface area contributed by atoms with Gasteiger partial charge in [0.15, 0.2) is 5.78 Å². The minimum Gasteiger partial charge on any atom is -0.383 e. The van der Waals surface area contributed by atoms with Crippen molar-refractivity contribution in [1.29, 1.82) is 0 Å². The predicted octanol–water partition coefficient (Wildman–Crippen LogP) is 2.73. The topological polar surface area (TPSA) is 159 Å². The lowest BCUT2D eigenvalue weighted by atomic mass is 10.0. The maximum absolute atomic E-state index is 12.5. The van der Waals surface area contributed by atoms with E-state index in [1.165, 1.54) is 13.1 Å². The van der Waals surface area contributed by atoms with Gasteiger partial charge < -0.3 is 14.6 Å². The summed E-state index contributed by atoms with van der Waals surface area (Å²) in [5, 5.41) is 14.2. The van der Waals surface area contributed by atoms with E-state index in [0.717, 1.165) is 43.1 Å². The molecule has 0 saturated carbocycles. The van der Waals surface area contributed by atoms with Gasteiger partial charge >= 0.3 is 5.69 Å². The molecule has 33 heavy (non-hydrogen) atoms. The van der Waals surface area contributed by atoms with Gasteiger partial charge in [0.1, 0.15) is 18.4 Å². The zero-order valence-electron chi connectivity index (χ0n) is 18.8. The number of unbranched alkanes of at least 4 members (excludes halogenated alkanes) is 5. The Morgan fingerprint density at radius 3 is 2.73 bits per heavy atom. The predicted molar refractivity (Wildman–Crippen MR) is 122 cm³/mol. The summed E-state index contributed by atoms with van der Waals surface area (Å²) in [6.45, 7) is 2.24. The van der Waals surface area contributed by atoms with Crippen LogP contribution >= 0.6 is 11.6 Å². The van der Waals surface area contributed by atoms with Crippen molar-refractivity contribution in [3.8, 4) is 0 Å². The van der Waals surface area contributed by atoms with Gasteiger partial charge in [-0.3, -0.25) is 19.1 Å². The quantitative estimate of drug-likeness (QED) is 0.128. The van der Waals surface area contributed by atoms with Gasteiger partial charge in [0.25, 0.3) is 5.56 Å². The number of nitrogens with zero attached hydrogens (tertiary/aromatic N) is 4. The number of hydrogen-bond donors (Lipinski definition) is 2. The van der Waals surface area contributed by atoms with Gasteiger partial charge in [-0.15, -0.1) is 11.6 Å². The Balaban J connectivity index is 1.83. The van der Waals surface area contributed by atoms with Crippen molar-refractivity contribution in [3.63, 3.8) is 0 Å². The van der Waals surface area contributed by atoms with E-state index in [4.69, 9.17) is 26.6 Å². The Bertz CT molecular complexity index is 928. The van der Waals surface area contributed by atoms with Crippen LogP contribution in [-0.2, 0) is 14.3 Å². The molecule has 4 atom stereocenters. The number of aryl methyl sites for hydroxylation is 1. The summed E-state index contributed by atoms with van der Waals surface area (Å²) in [5.74, 6) is 0.203. The molecule has 0 aliphatic carbocycles. The molecule has 0 aromatic carbocycles. The number of ketones is 1. The lowest BCUT2D eigenvalue weighted by Crippen LogP contribution is -2.40. The van der Waals surface area contributed by atoms with E-state index in [1.54, 1.807) is 0 Å². The molecule has 184 valence electrons. The monoisotopic (exact) mass is 485 g/mol. The molecule has 0 radical (unpaired) electrons. The fourth-order valence-electron chi connectivity index (χ4n) is 3.72. The van der Waals surface area contributed by atoms with Crippen molar-refractivity contribution in [2.24, 2.45) is 5.11 Å². The Hall–Kier alpha value is -2.17. The smallest absolute Gasteiger partial charge is 0.330 e. The lowest BCUT2D eigenvalue weighted by molar-refractivity contribution is -0.138. The first kappa shape index (κ1) is 27.1. The van der Waals surface area contributed by atoms with Crippen LogP contribution in [-0.4, -0.2) is 57.8 Å². The molecule has 1 saturated heterocycles. The van der Waals surface area contributed by atoms with Crippen molar-refractivity contribution in [2.75, 3.05) is 19.1 Å². The summed E-state index contributed by atoms with van der Waals surface area (Å²) >= 11 is 5.64. The average molecular weight is 486 g/mol. The highest BCUT2D eigenvalue weighted by Crippen LogP contribution is 2.32. The van der Waals surface area contributed by atoms with Crippen molar-refractivity contribution >= 4 is 17.4 Å². The molecule has 2 rings (SSSR count). The van der Waals surface area contributed by atoms with Gasteiger partial charge in [-0.25, -0.2) is 4.79 Å². The number of rotatable bonds is 15. The van der Waals surface area contributed by atoms with E-state index in [-0.39, 0.29) is 19.4 Å². The second kappa shape index (κ2) is 14.2. The number of carbonyl (C=O) groups is 1. The van der Waals surface area contributed by atoms with Gasteiger partial charge in [-0.05, 0) is 25.3 Å². The zero-order chi connectivity index (χ0) is 24.2. The van der Waals surface area contributed by atoms with Crippen LogP contribution in [0.2, 0.25) is 0 Å². The number of nitrogens with one attached hydrogen (secondary N) is 1. The van der Waals surface area contributed by atoms with Crippen molar-refractivity contribution in [3.05, 3.63) is 43.0 Å². The van der Waals surface area contributed by atoms with E-state index in [9.17, 15) is 19.5 Å². The molecule has 11 nitrogen and oxygen atoms in total. The van der Waals surface area contributed by atoms with Gasteiger partial charge in [0, 0.05) is 42.0 Å². The second-order valence-electron chi connectivity index (χ2n) is 8.13. The molecule has 1 aliphatic heterocycles. The number of aliphatic hydroxyl groups is 1. The van der Waals surface area contributed by atoms with Crippen molar-refractivity contribution < 1.29 is 19.4 Å². The van der Waals surface area contributed by atoms with Gasteiger partial charge in [-0.2, -0.15) is 0 Å². The highest BCUT2D eigenvalue weighted by Gasteiger charge is 2.42. The number of aliphatic hydroxyl groups excluding tert-OH is 1. The van der Waals surface area contributed by atoms with Gasteiger partial charge in [0.05, 0.1) is 12.6 Å². The lowest BCUT2D eigenvalue weighted by Gasteiger charge is -2.21. The molecule has 1 aliphatic rings. The Kier molecular flexibility index (Phi) is 11.6. The molecule has 1 aromatic rings. The summed E-state index contributed by atoms with van der Waals surface area (Å²) in [5.41, 5.74) is 7.95. The third-order valence-electron chi connectivity index (χ3n) is 5.60. The molecular weight excluding hydrogens is 454 g/mol. The maximum Gasteiger partial charge on any atom is 0.330 e. The zero-order valence-corrected chi connectivity index (χ0v) is 19.6. The number of aromatic nitrogens is 2. The standard InChI is InChI=1S/C21H32ClN5O6/c1-14-13-27(21(31)24-20(14)30)17-12-15(25-26-23)19(33-17)18(29)16(28)8-11-32-10-7-5-3-2-4-6-9-22/h13,15,17-19,29H,2-12H2,1H3,(H,24,30,31)/t15-,17+,18?,19-/m0/s1. The number of aromatic amines is 1. The Labute approximate surface area is 196 Å². The van der Waals surface area contributed by atoms with Gasteiger partial charge in [-0.1, -0.05) is 30.8 Å². The number of ether oxygens (including phenoxy) is 2. The molecule has 0 bridgehead atoms. The van der Waals surface area contributed by atoms with Crippen LogP contribution in [0, 0.1) is 6.92 Å². The summed E-state index contributed by atoms with van der Waals surface area (Å²) in [4.78, 5) is 41.1. The van der Waals surface area contributed by atoms with E-state index >= 15 is 0 Å². The van der Waals surface area contributed by atoms with Crippen molar-refractivity contribution in [2.45, 2.75) is 82.8 Å². The van der Waals surface area contributed by atoms with Crippen LogP contribution in [0.1, 0.15) is 63.2 Å². The summed E-state index contributed by atoms with van der Waals surface area (Å²) in [6, 6.07) is -0.849. The number of alkyl halides is 1. The van der Waals surface area contributed by atoms with E-state index < -0.39 is 41.5 Å². The van der Waals surface area contributed by atoms with Crippen LogP contribution in [0.4, 0.5) is 0 Å². The molecule has 1 unspecified atom stereocenters. The van der Waals surface area contributed by atoms with E-state index in [2.05, 4.69) is 15.0 Å². The Morgan fingerprint density at radius 2 is 2.03 bits per heavy atom. The highest BCUT2D eigenvalue weighted by atomic mass is 35.5. The Morgan fingerprint density at radius 1 is 1.33 bits per heavy atom. The molecular formula is C21H32ClN5O6. The third-order valence-corrected chi connectivity index (χ3v) is 5.87. The molecule has 2 N–H and O–H groups in total. The summed E-state index contributed by atoms with van der Waals surface area (Å²) < 4.78 is 12.4. The van der Waals surface area contributed by atoms with Crippen LogP contribution < -0.4 is 11.2 Å². The van der Waals surface area contributed by atoms with Crippen LogP contribution in [0.15, 0.2) is 20.9 Å². The fraction of sp³-hybridized carbons (Fsp3) is 0.762. The molecule has 0 amide bonds. The first-order valence-corrected chi connectivity index (χ1v) is 11.8. The van der Waals surface area contributed by atoms with Crippen LogP contribution in [0.25, 0.3) is 10.4 Å². The highest BCUT2D eigenvalue weighted by molar-refractivity contribution is 6.17. The maximum atomic E-state index is 12.5. The van der Waals surface area contributed by atoms with Crippen molar-refractivity contribution in [1.82, 2.24) is 9.55 Å². The molecule has 12 heteroatoms. The van der Waals surface area contributed by atoms with E-state index in [1.807, 2.05) is 0 Å². The number of azide groups is 1. The summed E-state index contributed by atoms with van der Waals surface area (Å²) in [7, 11) is 0. The largest absolute Gasteiger partial charge is 0.383 e. The number of Topliss-reactive ketones (excluding diaryl/α,β-unsaturated/α-hetero) is 1. The normalized spacial score (nSPS) is 21.0. The molecule has 2 heterocycles. The first-order chi connectivity index (χ1) is 15.9. The minimum atomic E-state index is -1.53.